The van der Waals surface area contributed by atoms with E-state index in [-0.39, 0.29) is 11.8 Å². The second-order valence-electron chi connectivity index (χ2n) is 5.17. The number of benzene rings is 1. The molecule has 0 aliphatic carbocycles. The summed E-state index contributed by atoms with van der Waals surface area (Å²) in [6.07, 6.45) is 0.727. The van der Waals surface area contributed by atoms with Crippen LogP contribution in [-0.2, 0) is 4.79 Å². The minimum atomic E-state index is -0.615. The van der Waals surface area contributed by atoms with Crippen molar-refractivity contribution in [2.24, 2.45) is 5.41 Å². The van der Waals surface area contributed by atoms with Crippen LogP contribution in [0.25, 0.3) is 0 Å². The molecule has 0 saturated carbocycles. The van der Waals surface area contributed by atoms with Crippen molar-refractivity contribution in [3.63, 3.8) is 0 Å². The first-order chi connectivity index (χ1) is 8.92. The van der Waals surface area contributed by atoms with Crippen molar-refractivity contribution in [2.45, 2.75) is 33.2 Å². The van der Waals surface area contributed by atoms with Gasteiger partial charge in [0.1, 0.15) is 6.04 Å². The molecule has 0 unspecified atom stereocenters. The normalized spacial score (nSPS) is 12.6. The summed E-state index contributed by atoms with van der Waals surface area (Å²) >= 11 is 0. The molecule has 19 heavy (non-hydrogen) atoms. The Morgan fingerprint density at radius 2 is 1.79 bits per heavy atom. The van der Waals surface area contributed by atoms with Crippen molar-refractivity contribution in [2.75, 3.05) is 7.05 Å². The highest BCUT2D eigenvalue weighted by Crippen LogP contribution is 2.29. The van der Waals surface area contributed by atoms with E-state index in [1.165, 1.54) is 7.05 Å². The van der Waals surface area contributed by atoms with Crippen LogP contribution in [0.3, 0.4) is 0 Å². The summed E-state index contributed by atoms with van der Waals surface area (Å²) in [6.45, 7) is 5.77. The van der Waals surface area contributed by atoms with Gasteiger partial charge in [0.05, 0.1) is 0 Å². The van der Waals surface area contributed by atoms with Crippen LogP contribution in [-0.4, -0.2) is 18.9 Å². The van der Waals surface area contributed by atoms with Crippen LogP contribution in [0, 0.1) is 5.41 Å². The van der Waals surface area contributed by atoms with E-state index < -0.39 is 11.5 Å². The fourth-order valence-electron chi connectivity index (χ4n) is 1.71. The molecular weight excluding hydrogens is 240 g/mol. The van der Waals surface area contributed by atoms with Gasteiger partial charge in [-0.05, 0) is 12.0 Å². The molecule has 1 atom stereocenters. The second kappa shape index (κ2) is 6.36. The lowest BCUT2D eigenvalue weighted by molar-refractivity contribution is -0.129. The number of urea groups is 1. The highest BCUT2D eigenvalue weighted by molar-refractivity contribution is 5.93. The molecule has 0 radical (unpaired) electrons. The van der Waals surface area contributed by atoms with Crippen LogP contribution < -0.4 is 10.6 Å². The first-order valence-electron chi connectivity index (χ1n) is 6.50. The standard InChI is InChI=1S/C15H22N2O2/c1-5-15(2,3)13(18)12(17-14(19)16-4)11-9-7-6-8-10-11/h6-10,12H,5H2,1-4H3,(H2,16,17,19)/t12-/m1/s1. The highest BCUT2D eigenvalue weighted by Gasteiger charge is 2.33. The lowest BCUT2D eigenvalue weighted by Gasteiger charge is -2.28. The molecule has 1 aromatic rings. The maximum absolute atomic E-state index is 12.6. The zero-order chi connectivity index (χ0) is 14.5. The Labute approximate surface area is 114 Å². The first kappa shape index (κ1) is 15.2. The van der Waals surface area contributed by atoms with Crippen LogP contribution in [0.15, 0.2) is 30.3 Å². The first-order valence-corrected chi connectivity index (χ1v) is 6.50. The summed E-state index contributed by atoms with van der Waals surface area (Å²) in [4.78, 5) is 24.1. The van der Waals surface area contributed by atoms with Crippen molar-refractivity contribution in [1.82, 2.24) is 10.6 Å². The predicted molar refractivity (Wildman–Crippen MR) is 75.9 cm³/mol. The molecule has 2 N–H and O–H groups in total. The molecule has 0 aliphatic heterocycles. The average Bonchev–Trinajstić information content (AvgIpc) is 2.44. The number of ketones is 1. The highest BCUT2D eigenvalue weighted by atomic mass is 16.2. The van der Waals surface area contributed by atoms with Gasteiger partial charge in [0.25, 0.3) is 0 Å². The molecular formula is C15H22N2O2. The van der Waals surface area contributed by atoms with Gasteiger partial charge in [-0.1, -0.05) is 51.1 Å². The number of carbonyl (C=O) groups excluding carboxylic acids is 2. The molecule has 0 heterocycles. The third-order valence-corrected chi connectivity index (χ3v) is 3.45. The summed E-state index contributed by atoms with van der Waals surface area (Å²) in [5, 5.41) is 5.21. The van der Waals surface area contributed by atoms with Gasteiger partial charge in [0.2, 0.25) is 0 Å². The Bertz CT molecular complexity index is 441. The number of rotatable bonds is 5. The molecule has 1 rings (SSSR count). The van der Waals surface area contributed by atoms with Crippen LogP contribution in [0.1, 0.15) is 38.8 Å². The van der Waals surface area contributed by atoms with E-state index in [4.69, 9.17) is 0 Å². The van der Waals surface area contributed by atoms with E-state index in [1.54, 1.807) is 0 Å². The van der Waals surface area contributed by atoms with Crippen molar-refractivity contribution >= 4 is 11.8 Å². The molecule has 0 aliphatic rings. The third kappa shape index (κ3) is 3.81. The molecule has 4 heteroatoms. The zero-order valence-corrected chi connectivity index (χ0v) is 12.0. The van der Waals surface area contributed by atoms with E-state index >= 15 is 0 Å². The SMILES string of the molecule is CCC(C)(C)C(=O)[C@H](NC(=O)NC)c1ccccc1. The molecule has 1 aromatic carbocycles. The van der Waals surface area contributed by atoms with Gasteiger partial charge in [-0.3, -0.25) is 4.79 Å². The number of carbonyl (C=O) groups is 2. The quantitative estimate of drug-likeness (QED) is 0.857. The van der Waals surface area contributed by atoms with E-state index in [0.717, 1.165) is 12.0 Å². The van der Waals surface area contributed by atoms with Crippen molar-refractivity contribution in [1.29, 1.82) is 0 Å². The molecule has 0 fully saturated rings. The van der Waals surface area contributed by atoms with Crippen molar-refractivity contribution in [3.8, 4) is 0 Å². The zero-order valence-electron chi connectivity index (χ0n) is 12.0. The number of hydrogen-bond acceptors (Lipinski definition) is 2. The second-order valence-corrected chi connectivity index (χ2v) is 5.17. The third-order valence-electron chi connectivity index (χ3n) is 3.45. The Kier molecular flexibility index (Phi) is 5.10. The number of Topliss-reactive ketones (excluding diaryl/α,β-unsaturated/α-hetero) is 1. The van der Waals surface area contributed by atoms with Gasteiger partial charge in [-0.15, -0.1) is 0 Å². The fraction of sp³-hybridized carbons (Fsp3) is 0.467. The number of amides is 2. The predicted octanol–water partition coefficient (Wildman–Crippen LogP) is 2.66. The summed E-state index contributed by atoms with van der Waals surface area (Å²) in [5.41, 5.74) is 0.333. The van der Waals surface area contributed by atoms with Gasteiger partial charge in [0.15, 0.2) is 5.78 Å². The number of hydrogen-bond donors (Lipinski definition) is 2. The molecule has 4 nitrogen and oxygen atoms in total. The van der Waals surface area contributed by atoms with E-state index in [1.807, 2.05) is 51.1 Å². The van der Waals surface area contributed by atoms with Crippen molar-refractivity contribution < 1.29 is 9.59 Å². The van der Waals surface area contributed by atoms with Gasteiger partial charge in [-0.2, -0.15) is 0 Å². The fourth-order valence-corrected chi connectivity index (χ4v) is 1.71. The summed E-state index contributed by atoms with van der Waals surface area (Å²) < 4.78 is 0. The summed E-state index contributed by atoms with van der Waals surface area (Å²) in [7, 11) is 1.53. The maximum Gasteiger partial charge on any atom is 0.315 e. The van der Waals surface area contributed by atoms with E-state index in [9.17, 15) is 9.59 Å². The maximum atomic E-state index is 12.6. The average molecular weight is 262 g/mol. The minimum absolute atomic E-state index is 0.0183. The van der Waals surface area contributed by atoms with Gasteiger partial charge < -0.3 is 10.6 Å². The van der Waals surface area contributed by atoms with Crippen LogP contribution in [0.5, 0.6) is 0 Å². The van der Waals surface area contributed by atoms with Gasteiger partial charge in [0, 0.05) is 12.5 Å². The molecule has 0 saturated heterocycles. The van der Waals surface area contributed by atoms with Gasteiger partial charge >= 0.3 is 6.03 Å². The molecule has 2 amide bonds. The Hall–Kier alpha value is -1.84. The lowest BCUT2D eigenvalue weighted by atomic mass is 9.80. The van der Waals surface area contributed by atoms with Gasteiger partial charge in [-0.25, -0.2) is 4.79 Å². The smallest absolute Gasteiger partial charge is 0.315 e. The largest absolute Gasteiger partial charge is 0.341 e. The van der Waals surface area contributed by atoms with E-state index in [2.05, 4.69) is 10.6 Å². The van der Waals surface area contributed by atoms with Crippen LogP contribution in [0.2, 0.25) is 0 Å². The van der Waals surface area contributed by atoms with Crippen LogP contribution in [0.4, 0.5) is 4.79 Å². The monoisotopic (exact) mass is 262 g/mol. The Morgan fingerprint density at radius 1 is 1.21 bits per heavy atom. The summed E-state index contributed by atoms with van der Waals surface area (Å²) in [6, 6.07) is 8.34. The Morgan fingerprint density at radius 3 is 2.26 bits per heavy atom. The minimum Gasteiger partial charge on any atom is -0.341 e. The topological polar surface area (TPSA) is 58.2 Å². The van der Waals surface area contributed by atoms with Crippen LogP contribution >= 0.6 is 0 Å². The van der Waals surface area contributed by atoms with Crippen molar-refractivity contribution in [3.05, 3.63) is 35.9 Å². The molecule has 0 aromatic heterocycles. The molecule has 0 bridgehead atoms. The summed E-state index contributed by atoms with van der Waals surface area (Å²) in [5.74, 6) is 0.0183. The van der Waals surface area contributed by atoms with E-state index in [0.29, 0.717) is 0 Å². The number of nitrogens with one attached hydrogen (secondary N) is 2. The Balaban J connectivity index is 3.06. The molecule has 104 valence electrons. The molecule has 0 spiro atoms. The lowest BCUT2D eigenvalue weighted by Crippen LogP contribution is -2.43.